The van der Waals surface area contributed by atoms with Gasteiger partial charge in [-0.15, -0.1) is 0 Å². The van der Waals surface area contributed by atoms with Crippen LogP contribution < -0.4 is 0 Å². The minimum atomic E-state index is 0.653. The number of hydrogen-bond donors (Lipinski definition) is 0. The van der Waals surface area contributed by atoms with E-state index in [0.29, 0.717) is 6.04 Å². The summed E-state index contributed by atoms with van der Waals surface area (Å²) in [5.41, 5.74) is 0. The summed E-state index contributed by atoms with van der Waals surface area (Å²) in [6.45, 7) is 4.49. The molecule has 2 heteroatoms. The lowest BCUT2D eigenvalue weighted by molar-refractivity contribution is 0.291. The molecule has 0 aromatic carbocycles. The van der Waals surface area contributed by atoms with Crippen molar-refractivity contribution in [3.8, 4) is 0 Å². The Morgan fingerprint density at radius 2 is 2.29 bits per heavy atom. The molecule has 0 N–H and O–H groups in total. The fourth-order valence-corrected chi connectivity index (χ4v) is 2.48. The lowest BCUT2D eigenvalue weighted by Crippen LogP contribution is -2.32. The zero-order valence-electron chi connectivity index (χ0n) is 9.24. The summed E-state index contributed by atoms with van der Waals surface area (Å²) in [5, 5.41) is 0. The van der Waals surface area contributed by atoms with E-state index in [2.05, 4.69) is 42.0 Å². The normalized spacial score (nSPS) is 30.4. The number of nitrogens with zero attached hydrogens (tertiary/aromatic N) is 2. The van der Waals surface area contributed by atoms with Crippen molar-refractivity contribution in [1.29, 1.82) is 0 Å². The first-order valence-electron chi connectivity index (χ1n) is 5.63. The van der Waals surface area contributed by atoms with Crippen LogP contribution in [-0.2, 0) is 0 Å². The van der Waals surface area contributed by atoms with Gasteiger partial charge in [-0.25, -0.2) is 0 Å². The second kappa shape index (κ2) is 4.07. The minimum absolute atomic E-state index is 0.653. The molecular formula is C12H20N2. The van der Waals surface area contributed by atoms with E-state index in [0.717, 1.165) is 0 Å². The van der Waals surface area contributed by atoms with Gasteiger partial charge in [0.2, 0.25) is 0 Å². The minimum Gasteiger partial charge on any atom is -0.360 e. The van der Waals surface area contributed by atoms with E-state index in [-0.39, 0.29) is 0 Å². The largest absolute Gasteiger partial charge is 0.360 e. The summed E-state index contributed by atoms with van der Waals surface area (Å²) in [7, 11) is 2.18. The van der Waals surface area contributed by atoms with Gasteiger partial charge in [0.25, 0.3) is 0 Å². The number of rotatable bonds is 1. The van der Waals surface area contributed by atoms with Crippen LogP contribution in [0.1, 0.15) is 26.2 Å². The topological polar surface area (TPSA) is 6.48 Å². The van der Waals surface area contributed by atoms with E-state index < -0.39 is 0 Å². The van der Waals surface area contributed by atoms with E-state index in [1.54, 1.807) is 0 Å². The Bertz CT molecular complexity index is 255. The molecule has 0 saturated carbocycles. The standard InChI is InChI=1S/C12H20N2/c1-3-12-13(2)9-10-14(12)11-7-5-4-6-8-11/h3,5,7,11H,4,6,8-10H2,1-2H3. The van der Waals surface area contributed by atoms with Crippen LogP contribution in [0.3, 0.4) is 0 Å². The van der Waals surface area contributed by atoms with Gasteiger partial charge in [0, 0.05) is 26.2 Å². The molecule has 0 radical (unpaired) electrons. The summed E-state index contributed by atoms with van der Waals surface area (Å²) in [5.74, 6) is 1.40. The highest BCUT2D eigenvalue weighted by molar-refractivity contribution is 5.11. The maximum atomic E-state index is 2.54. The molecule has 1 saturated heterocycles. The maximum Gasteiger partial charge on any atom is 0.0998 e. The Balaban J connectivity index is 2.10. The quantitative estimate of drug-likeness (QED) is 0.588. The van der Waals surface area contributed by atoms with Crippen molar-refractivity contribution in [3.63, 3.8) is 0 Å². The molecule has 1 atom stereocenters. The summed E-state index contributed by atoms with van der Waals surface area (Å²) >= 11 is 0. The van der Waals surface area contributed by atoms with Crippen molar-refractivity contribution in [2.75, 3.05) is 20.1 Å². The number of allylic oxidation sites excluding steroid dienone is 2. The fourth-order valence-electron chi connectivity index (χ4n) is 2.48. The van der Waals surface area contributed by atoms with Gasteiger partial charge in [0.15, 0.2) is 0 Å². The molecule has 1 fully saturated rings. The van der Waals surface area contributed by atoms with Crippen molar-refractivity contribution in [2.45, 2.75) is 32.2 Å². The smallest absolute Gasteiger partial charge is 0.0998 e. The summed E-state index contributed by atoms with van der Waals surface area (Å²) in [6, 6.07) is 0.653. The van der Waals surface area contributed by atoms with Gasteiger partial charge in [-0.1, -0.05) is 12.2 Å². The van der Waals surface area contributed by atoms with Crippen molar-refractivity contribution < 1.29 is 0 Å². The maximum absolute atomic E-state index is 2.54. The lowest BCUT2D eigenvalue weighted by atomic mass is 10.0. The Morgan fingerprint density at radius 1 is 1.43 bits per heavy atom. The molecular weight excluding hydrogens is 172 g/mol. The molecule has 78 valence electrons. The first-order chi connectivity index (χ1) is 6.83. The highest BCUT2D eigenvalue weighted by atomic mass is 15.4. The molecule has 0 aromatic heterocycles. The summed E-state index contributed by atoms with van der Waals surface area (Å²) < 4.78 is 0. The molecule has 14 heavy (non-hydrogen) atoms. The van der Waals surface area contributed by atoms with E-state index in [9.17, 15) is 0 Å². The third-order valence-corrected chi connectivity index (χ3v) is 3.25. The summed E-state index contributed by atoms with van der Waals surface area (Å²) in [6.07, 6.45) is 10.9. The summed E-state index contributed by atoms with van der Waals surface area (Å²) in [4.78, 5) is 4.89. The van der Waals surface area contributed by atoms with Crippen LogP contribution in [0, 0.1) is 0 Å². The van der Waals surface area contributed by atoms with Crippen molar-refractivity contribution in [2.24, 2.45) is 0 Å². The fraction of sp³-hybridized carbons (Fsp3) is 0.667. The van der Waals surface area contributed by atoms with Gasteiger partial charge in [0.1, 0.15) is 0 Å². The van der Waals surface area contributed by atoms with Crippen LogP contribution in [0.15, 0.2) is 24.0 Å². The van der Waals surface area contributed by atoms with Gasteiger partial charge in [-0.2, -0.15) is 0 Å². The molecule has 2 rings (SSSR count). The Morgan fingerprint density at radius 3 is 2.93 bits per heavy atom. The average molecular weight is 192 g/mol. The van der Waals surface area contributed by atoms with Crippen LogP contribution in [0.5, 0.6) is 0 Å². The zero-order chi connectivity index (χ0) is 9.97. The predicted octanol–water partition coefficient (Wildman–Crippen LogP) is 2.20. The van der Waals surface area contributed by atoms with Crippen LogP contribution in [0.4, 0.5) is 0 Å². The van der Waals surface area contributed by atoms with Gasteiger partial charge < -0.3 is 9.80 Å². The monoisotopic (exact) mass is 192 g/mol. The van der Waals surface area contributed by atoms with E-state index >= 15 is 0 Å². The van der Waals surface area contributed by atoms with Crippen molar-refractivity contribution >= 4 is 0 Å². The van der Waals surface area contributed by atoms with Crippen molar-refractivity contribution in [1.82, 2.24) is 9.80 Å². The number of likely N-dealkylation sites (N-methyl/N-ethyl adjacent to an activating group) is 1. The van der Waals surface area contributed by atoms with Crippen LogP contribution >= 0.6 is 0 Å². The highest BCUT2D eigenvalue weighted by Crippen LogP contribution is 2.25. The lowest BCUT2D eigenvalue weighted by Gasteiger charge is -2.30. The van der Waals surface area contributed by atoms with Crippen molar-refractivity contribution in [3.05, 3.63) is 24.0 Å². The van der Waals surface area contributed by atoms with Gasteiger partial charge >= 0.3 is 0 Å². The van der Waals surface area contributed by atoms with Crippen LogP contribution in [0.2, 0.25) is 0 Å². The first-order valence-corrected chi connectivity index (χ1v) is 5.63. The third kappa shape index (κ3) is 1.66. The molecule has 1 heterocycles. The molecule has 2 nitrogen and oxygen atoms in total. The highest BCUT2D eigenvalue weighted by Gasteiger charge is 2.26. The molecule has 0 aromatic rings. The Hall–Kier alpha value is -0.920. The molecule has 2 aliphatic rings. The van der Waals surface area contributed by atoms with E-state index in [1.807, 2.05) is 0 Å². The molecule has 1 aliphatic heterocycles. The molecule has 1 aliphatic carbocycles. The van der Waals surface area contributed by atoms with Crippen LogP contribution in [-0.4, -0.2) is 36.0 Å². The van der Waals surface area contributed by atoms with Gasteiger partial charge in [-0.3, -0.25) is 0 Å². The second-order valence-electron chi connectivity index (χ2n) is 4.19. The number of hydrogen-bond acceptors (Lipinski definition) is 2. The third-order valence-electron chi connectivity index (χ3n) is 3.25. The average Bonchev–Trinajstić information content (AvgIpc) is 2.61. The molecule has 1 unspecified atom stereocenters. The second-order valence-corrected chi connectivity index (χ2v) is 4.19. The first kappa shape index (κ1) is 9.63. The van der Waals surface area contributed by atoms with Crippen LogP contribution in [0.25, 0.3) is 0 Å². The molecule has 0 bridgehead atoms. The van der Waals surface area contributed by atoms with Gasteiger partial charge in [0.05, 0.1) is 5.82 Å². The SMILES string of the molecule is CC=C1N(C)CCN1C1C=CCCC1. The zero-order valence-corrected chi connectivity index (χ0v) is 9.24. The van der Waals surface area contributed by atoms with E-state index in [4.69, 9.17) is 0 Å². The van der Waals surface area contributed by atoms with E-state index in [1.165, 1.54) is 38.2 Å². The molecule has 0 spiro atoms. The Kier molecular flexibility index (Phi) is 2.80. The molecule has 0 amide bonds. The predicted molar refractivity (Wildman–Crippen MR) is 59.9 cm³/mol. The van der Waals surface area contributed by atoms with Gasteiger partial charge in [-0.05, 0) is 32.3 Å². The Labute approximate surface area is 86.9 Å².